The Hall–Kier alpha value is -1.63. The molecule has 2 aliphatic rings. The SMILES string of the molecule is CN(C)CCN(CC(=O)O)C(=O)C1CC(=O)N(C2CC2)C1. The minimum atomic E-state index is -1.02. The average Bonchev–Trinajstić information content (AvgIpc) is 3.16. The first-order chi connectivity index (χ1) is 9.88. The fourth-order valence-corrected chi connectivity index (χ4v) is 2.65. The van der Waals surface area contributed by atoms with Gasteiger partial charge in [0.05, 0.1) is 5.92 Å². The van der Waals surface area contributed by atoms with Gasteiger partial charge in [-0.25, -0.2) is 0 Å². The lowest BCUT2D eigenvalue weighted by Crippen LogP contribution is -2.43. The van der Waals surface area contributed by atoms with Crippen LogP contribution in [-0.4, -0.2) is 83.9 Å². The third-order valence-corrected chi connectivity index (χ3v) is 3.95. The van der Waals surface area contributed by atoms with Crippen LogP contribution in [0.1, 0.15) is 19.3 Å². The summed E-state index contributed by atoms with van der Waals surface area (Å²) in [6.45, 7) is 1.11. The number of carbonyl (C=O) groups excluding carboxylic acids is 2. The second-order valence-electron chi connectivity index (χ2n) is 6.14. The van der Waals surface area contributed by atoms with E-state index in [4.69, 9.17) is 5.11 Å². The van der Waals surface area contributed by atoms with Gasteiger partial charge in [0.25, 0.3) is 0 Å². The Bertz CT molecular complexity index is 434. The van der Waals surface area contributed by atoms with E-state index in [1.165, 1.54) is 4.90 Å². The summed E-state index contributed by atoms with van der Waals surface area (Å²) < 4.78 is 0. The van der Waals surface area contributed by atoms with Crippen molar-refractivity contribution in [1.29, 1.82) is 0 Å². The lowest BCUT2D eigenvalue weighted by Gasteiger charge is -2.25. The molecule has 0 aromatic carbocycles. The van der Waals surface area contributed by atoms with Crippen molar-refractivity contribution < 1.29 is 19.5 Å². The van der Waals surface area contributed by atoms with Gasteiger partial charge in [-0.15, -0.1) is 0 Å². The Morgan fingerprint density at radius 3 is 2.48 bits per heavy atom. The minimum absolute atomic E-state index is 0.0266. The molecule has 1 unspecified atom stereocenters. The van der Waals surface area contributed by atoms with Crippen molar-refractivity contribution in [3.63, 3.8) is 0 Å². The number of carbonyl (C=O) groups is 3. The number of carboxylic acid groups (broad SMARTS) is 1. The molecule has 1 atom stereocenters. The molecule has 1 aliphatic heterocycles. The Balaban J connectivity index is 1.96. The van der Waals surface area contributed by atoms with Crippen molar-refractivity contribution in [2.24, 2.45) is 5.92 Å². The standard InChI is InChI=1S/C14H23N3O4/c1-15(2)5-6-16(9-13(19)20)14(21)10-7-12(18)17(8-10)11-3-4-11/h10-11H,3-9H2,1-2H3,(H,19,20). The molecule has 2 amide bonds. The zero-order valence-electron chi connectivity index (χ0n) is 12.6. The Morgan fingerprint density at radius 2 is 1.95 bits per heavy atom. The molecule has 2 rings (SSSR count). The third-order valence-electron chi connectivity index (χ3n) is 3.95. The predicted octanol–water partition coefficient (Wildman–Crippen LogP) is -0.528. The van der Waals surface area contributed by atoms with E-state index in [0.717, 1.165) is 12.8 Å². The van der Waals surface area contributed by atoms with Crippen molar-refractivity contribution in [3.05, 3.63) is 0 Å². The lowest BCUT2D eigenvalue weighted by atomic mass is 10.1. The number of carboxylic acids is 1. The summed E-state index contributed by atoms with van der Waals surface area (Å²) in [5.41, 5.74) is 0. The molecule has 0 bridgehead atoms. The molecule has 1 saturated heterocycles. The van der Waals surface area contributed by atoms with E-state index >= 15 is 0 Å². The molecule has 1 aliphatic carbocycles. The second kappa shape index (κ2) is 6.43. The average molecular weight is 297 g/mol. The van der Waals surface area contributed by atoms with Gasteiger partial charge in [-0.05, 0) is 26.9 Å². The quantitative estimate of drug-likeness (QED) is 0.683. The summed E-state index contributed by atoms with van der Waals surface area (Å²) in [6.07, 6.45) is 2.26. The minimum Gasteiger partial charge on any atom is -0.480 e. The summed E-state index contributed by atoms with van der Waals surface area (Å²) in [6, 6.07) is 0.310. The molecule has 0 spiro atoms. The predicted molar refractivity (Wildman–Crippen MR) is 75.6 cm³/mol. The van der Waals surface area contributed by atoms with Gasteiger partial charge in [-0.2, -0.15) is 0 Å². The molecule has 2 fully saturated rings. The van der Waals surface area contributed by atoms with E-state index in [9.17, 15) is 14.4 Å². The van der Waals surface area contributed by atoms with E-state index in [2.05, 4.69) is 0 Å². The Labute approximate surface area is 124 Å². The van der Waals surface area contributed by atoms with Crippen LogP contribution in [0.15, 0.2) is 0 Å². The highest BCUT2D eigenvalue weighted by atomic mass is 16.4. The van der Waals surface area contributed by atoms with Crippen LogP contribution in [0, 0.1) is 5.92 Å². The number of nitrogens with zero attached hydrogens (tertiary/aromatic N) is 3. The molecule has 0 radical (unpaired) electrons. The smallest absolute Gasteiger partial charge is 0.323 e. The molecule has 0 aromatic heterocycles. The van der Waals surface area contributed by atoms with E-state index in [1.807, 2.05) is 19.0 Å². The van der Waals surface area contributed by atoms with Crippen LogP contribution in [0.5, 0.6) is 0 Å². The molecular formula is C14H23N3O4. The molecule has 1 N–H and O–H groups in total. The highest BCUT2D eigenvalue weighted by Crippen LogP contribution is 2.33. The van der Waals surface area contributed by atoms with Gasteiger partial charge < -0.3 is 19.8 Å². The molecule has 118 valence electrons. The van der Waals surface area contributed by atoms with Gasteiger partial charge in [0, 0.05) is 32.1 Å². The molecule has 7 heteroatoms. The first-order valence-corrected chi connectivity index (χ1v) is 7.33. The van der Waals surface area contributed by atoms with Crippen molar-refractivity contribution in [3.8, 4) is 0 Å². The number of rotatable bonds is 7. The number of aliphatic carboxylic acids is 1. The largest absolute Gasteiger partial charge is 0.480 e. The van der Waals surface area contributed by atoms with Gasteiger partial charge in [0.2, 0.25) is 11.8 Å². The summed E-state index contributed by atoms with van der Waals surface area (Å²) in [5, 5.41) is 8.96. The maximum absolute atomic E-state index is 12.5. The summed E-state index contributed by atoms with van der Waals surface area (Å²) in [5.74, 6) is -1.60. The number of likely N-dealkylation sites (N-methyl/N-ethyl adjacent to an activating group) is 1. The van der Waals surface area contributed by atoms with Crippen molar-refractivity contribution in [2.75, 3.05) is 40.3 Å². The van der Waals surface area contributed by atoms with E-state index in [0.29, 0.717) is 25.7 Å². The molecular weight excluding hydrogens is 274 g/mol. The van der Waals surface area contributed by atoms with Crippen LogP contribution < -0.4 is 0 Å². The number of hydrogen-bond donors (Lipinski definition) is 1. The molecule has 7 nitrogen and oxygen atoms in total. The van der Waals surface area contributed by atoms with Crippen LogP contribution >= 0.6 is 0 Å². The van der Waals surface area contributed by atoms with E-state index < -0.39 is 5.97 Å². The lowest BCUT2D eigenvalue weighted by molar-refractivity contribution is -0.146. The molecule has 1 heterocycles. The second-order valence-corrected chi connectivity index (χ2v) is 6.14. The fraction of sp³-hybridized carbons (Fsp3) is 0.786. The fourth-order valence-electron chi connectivity index (χ4n) is 2.65. The Kier molecular flexibility index (Phi) is 4.82. The van der Waals surface area contributed by atoms with Gasteiger partial charge in [0.1, 0.15) is 6.54 Å². The number of hydrogen-bond acceptors (Lipinski definition) is 4. The molecule has 0 aromatic rings. The highest BCUT2D eigenvalue weighted by Gasteiger charge is 2.42. The summed E-state index contributed by atoms with van der Waals surface area (Å²) in [7, 11) is 3.74. The zero-order valence-corrected chi connectivity index (χ0v) is 12.6. The van der Waals surface area contributed by atoms with Crippen LogP contribution in [-0.2, 0) is 14.4 Å². The van der Waals surface area contributed by atoms with Crippen molar-refractivity contribution >= 4 is 17.8 Å². The van der Waals surface area contributed by atoms with Gasteiger partial charge >= 0.3 is 5.97 Å². The summed E-state index contributed by atoms with van der Waals surface area (Å²) in [4.78, 5) is 40.4. The van der Waals surface area contributed by atoms with Gasteiger partial charge in [-0.1, -0.05) is 0 Å². The first kappa shape index (κ1) is 15.8. The van der Waals surface area contributed by atoms with Crippen LogP contribution in [0.4, 0.5) is 0 Å². The normalized spacial score (nSPS) is 22.0. The van der Waals surface area contributed by atoms with Crippen LogP contribution in [0.2, 0.25) is 0 Å². The Morgan fingerprint density at radius 1 is 1.29 bits per heavy atom. The first-order valence-electron chi connectivity index (χ1n) is 7.33. The molecule has 21 heavy (non-hydrogen) atoms. The van der Waals surface area contributed by atoms with Crippen molar-refractivity contribution in [1.82, 2.24) is 14.7 Å². The van der Waals surface area contributed by atoms with E-state index in [1.54, 1.807) is 4.90 Å². The topological polar surface area (TPSA) is 81.2 Å². The highest BCUT2D eigenvalue weighted by molar-refractivity contribution is 5.90. The monoisotopic (exact) mass is 297 g/mol. The maximum Gasteiger partial charge on any atom is 0.323 e. The van der Waals surface area contributed by atoms with Crippen molar-refractivity contribution in [2.45, 2.75) is 25.3 Å². The van der Waals surface area contributed by atoms with Crippen LogP contribution in [0.25, 0.3) is 0 Å². The number of likely N-dealkylation sites (tertiary alicyclic amines) is 1. The maximum atomic E-state index is 12.5. The summed E-state index contributed by atoms with van der Waals surface area (Å²) >= 11 is 0. The van der Waals surface area contributed by atoms with Gasteiger partial charge in [0.15, 0.2) is 0 Å². The zero-order chi connectivity index (χ0) is 15.6. The number of amides is 2. The third kappa shape index (κ3) is 4.17. The van der Waals surface area contributed by atoms with E-state index in [-0.39, 0.29) is 30.7 Å². The van der Waals surface area contributed by atoms with Crippen LogP contribution in [0.3, 0.4) is 0 Å². The molecule has 1 saturated carbocycles. The van der Waals surface area contributed by atoms with Gasteiger partial charge in [-0.3, -0.25) is 14.4 Å².